The lowest BCUT2D eigenvalue weighted by Gasteiger charge is -2.35. The number of anilines is 1. The maximum Gasteiger partial charge on any atom is 0.224 e. The number of hydrogen-bond donors (Lipinski definition) is 1. The van der Waals surface area contributed by atoms with Crippen LogP contribution in [0, 0.1) is 0 Å². The Balaban J connectivity index is 1.59. The van der Waals surface area contributed by atoms with E-state index in [0.717, 1.165) is 22.8 Å². The average molecular weight is 303 g/mol. The summed E-state index contributed by atoms with van der Waals surface area (Å²) in [5, 5.41) is 4.98. The lowest BCUT2D eigenvalue weighted by atomic mass is 9.97. The number of para-hydroxylation sites is 1. The second kappa shape index (κ2) is 5.43. The summed E-state index contributed by atoms with van der Waals surface area (Å²) in [6.07, 6.45) is 5.06. The van der Waals surface area contributed by atoms with Crippen LogP contribution in [0.5, 0.6) is 0 Å². The van der Waals surface area contributed by atoms with E-state index >= 15 is 0 Å². The fraction of sp³-hybridized carbons (Fsp3) is 0.500. The summed E-state index contributed by atoms with van der Waals surface area (Å²) in [6.45, 7) is 2.47. The summed E-state index contributed by atoms with van der Waals surface area (Å²) in [5.41, 5.74) is 0.901. The van der Waals surface area contributed by atoms with E-state index in [4.69, 9.17) is 11.6 Å². The first-order valence-electron chi connectivity index (χ1n) is 7.72. The summed E-state index contributed by atoms with van der Waals surface area (Å²) >= 11 is 6.06. The van der Waals surface area contributed by atoms with Gasteiger partial charge in [0.15, 0.2) is 0 Å². The van der Waals surface area contributed by atoms with Crippen LogP contribution in [-0.2, 0) is 0 Å². The number of nitrogens with one attached hydrogen (secondary N) is 1. The predicted molar refractivity (Wildman–Crippen MR) is 85.8 cm³/mol. The van der Waals surface area contributed by atoms with E-state index in [1.165, 1.54) is 38.8 Å². The van der Waals surface area contributed by atoms with Gasteiger partial charge in [-0.05, 0) is 56.0 Å². The first kappa shape index (κ1) is 13.3. The Morgan fingerprint density at radius 3 is 3.00 bits per heavy atom. The van der Waals surface area contributed by atoms with Crippen LogP contribution < -0.4 is 5.32 Å². The number of piperidine rings is 1. The zero-order valence-corrected chi connectivity index (χ0v) is 12.7. The molecular weight excluding hydrogens is 284 g/mol. The third kappa shape index (κ3) is 2.58. The van der Waals surface area contributed by atoms with Gasteiger partial charge in [-0.3, -0.25) is 0 Å². The van der Waals surface area contributed by atoms with Gasteiger partial charge in [0.1, 0.15) is 5.82 Å². The van der Waals surface area contributed by atoms with Crippen LogP contribution in [0.4, 0.5) is 5.82 Å². The minimum Gasteiger partial charge on any atom is -0.367 e. The number of nitrogens with zero attached hydrogens (tertiary/aromatic N) is 3. The van der Waals surface area contributed by atoms with Crippen molar-refractivity contribution in [2.24, 2.45) is 0 Å². The van der Waals surface area contributed by atoms with E-state index in [-0.39, 0.29) is 0 Å². The Labute approximate surface area is 129 Å². The second-order valence-electron chi connectivity index (χ2n) is 6.06. The van der Waals surface area contributed by atoms with Crippen molar-refractivity contribution in [3.05, 3.63) is 29.5 Å². The van der Waals surface area contributed by atoms with E-state index < -0.39 is 0 Å². The molecule has 2 fully saturated rings. The molecule has 0 saturated carbocycles. The predicted octanol–water partition coefficient (Wildman–Crippen LogP) is 3.32. The maximum absolute atomic E-state index is 6.06. The van der Waals surface area contributed by atoms with Gasteiger partial charge in [0.05, 0.1) is 5.52 Å². The number of aromatic nitrogens is 2. The molecule has 0 amide bonds. The molecule has 2 saturated heterocycles. The summed E-state index contributed by atoms with van der Waals surface area (Å²) in [4.78, 5) is 11.3. The van der Waals surface area contributed by atoms with Gasteiger partial charge in [0.2, 0.25) is 5.28 Å². The van der Waals surface area contributed by atoms with Crippen LogP contribution in [0.3, 0.4) is 0 Å². The highest BCUT2D eigenvalue weighted by Crippen LogP contribution is 2.30. The Bertz CT molecular complexity index is 660. The van der Waals surface area contributed by atoms with Crippen molar-refractivity contribution in [3.63, 3.8) is 0 Å². The zero-order chi connectivity index (χ0) is 14.2. The molecule has 2 atom stereocenters. The van der Waals surface area contributed by atoms with Crippen LogP contribution in [0.1, 0.15) is 25.7 Å². The van der Waals surface area contributed by atoms with Crippen molar-refractivity contribution in [2.45, 2.75) is 37.8 Å². The minimum absolute atomic E-state index is 0.314. The van der Waals surface area contributed by atoms with Gasteiger partial charge in [-0.2, -0.15) is 0 Å². The van der Waals surface area contributed by atoms with Crippen LogP contribution in [-0.4, -0.2) is 40.0 Å². The summed E-state index contributed by atoms with van der Waals surface area (Å²) in [6, 6.07) is 9.27. The van der Waals surface area contributed by atoms with Crippen LogP contribution in [0.25, 0.3) is 10.9 Å². The highest BCUT2D eigenvalue weighted by atomic mass is 35.5. The maximum atomic E-state index is 6.06. The molecule has 5 heteroatoms. The Morgan fingerprint density at radius 2 is 2.05 bits per heavy atom. The highest BCUT2D eigenvalue weighted by Gasteiger charge is 2.31. The normalized spacial score (nSPS) is 26.0. The largest absolute Gasteiger partial charge is 0.367 e. The molecule has 21 heavy (non-hydrogen) atoms. The monoisotopic (exact) mass is 302 g/mol. The van der Waals surface area contributed by atoms with Crippen molar-refractivity contribution in [1.29, 1.82) is 0 Å². The van der Waals surface area contributed by atoms with Gasteiger partial charge in [0.25, 0.3) is 0 Å². The van der Waals surface area contributed by atoms with Crippen molar-refractivity contribution >= 4 is 28.3 Å². The first-order valence-corrected chi connectivity index (χ1v) is 8.10. The molecule has 2 aliphatic rings. The Hall–Kier alpha value is -1.39. The molecule has 110 valence electrons. The van der Waals surface area contributed by atoms with Gasteiger partial charge in [-0.1, -0.05) is 12.1 Å². The van der Waals surface area contributed by atoms with E-state index in [1.54, 1.807) is 0 Å². The van der Waals surface area contributed by atoms with E-state index in [2.05, 4.69) is 26.3 Å². The van der Waals surface area contributed by atoms with Crippen molar-refractivity contribution in [2.75, 3.05) is 18.4 Å². The first-order chi connectivity index (χ1) is 10.3. The second-order valence-corrected chi connectivity index (χ2v) is 6.39. The number of halogens is 1. The summed E-state index contributed by atoms with van der Waals surface area (Å²) < 4.78 is 0. The third-order valence-electron chi connectivity index (χ3n) is 4.74. The van der Waals surface area contributed by atoms with Crippen LogP contribution >= 0.6 is 11.6 Å². The van der Waals surface area contributed by atoms with Crippen LogP contribution in [0.2, 0.25) is 5.28 Å². The molecule has 1 aromatic heterocycles. The number of benzene rings is 1. The van der Waals surface area contributed by atoms with Crippen molar-refractivity contribution in [3.8, 4) is 0 Å². The molecule has 2 unspecified atom stereocenters. The topological polar surface area (TPSA) is 41.1 Å². The van der Waals surface area contributed by atoms with Gasteiger partial charge in [0, 0.05) is 24.0 Å². The standard InChI is InChI=1S/C16H19ClN4/c17-16-19-14-6-2-1-5-13(14)15(20-16)18-11-7-9-21-8-3-4-12(21)10-11/h1-2,5-6,11-12H,3-4,7-10H2,(H,18,19,20). The van der Waals surface area contributed by atoms with E-state index in [1.807, 2.05) is 18.2 Å². The molecule has 1 aromatic carbocycles. The molecule has 1 N–H and O–H groups in total. The molecule has 4 nitrogen and oxygen atoms in total. The smallest absolute Gasteiger partial charge is 0.224 e. The SMILES string of the molecule is Clc1nc(NC2CCN3CCCC3C2)c2ccccc2n1. The molecule has 0 bridgehead atoms. The summed E-state index contributed by atoms with van der Waals surface area (Å²) in [5.74, 6) is 0.877. The van der Waals surface area contributed by atoms with E-state index in [9.17, 15) is 0 Å². The molecule has 0 radical (unpaired) electrons. The molecule has 0 spiro atoms. The van der Waals surface area contributed by atoms with Crippen molar-refractivity contribution in [1.82, 2.24) is 14.9 Å². The molecular formula is C16H19ClN4. The Kier molecular flexibility index (Phi) is 3.43. The summed E-state index contributed by atoms with van der Waals surface area (Å²) in [7, 11) is 0. The Morgan fingerprint density at radius 1 is 1.14 bits per heavy atom. The zero-order valence-electron chi connectivity index (χ0n) is 11.9. The van der Waals surface area contributed by atoms with Gasteiger partial charge in [-0.25, -0.2) is 9.97 Å². The van der Waals surface area contributed by atoms with Gasteiger partial charge < -0.3 is 10.2 Å². The molecule has 2 aliphatic heterocycles. The molecule has 4 rings (SSSR count). The number of rotatable bonds is 2. The quantitative estimate of drug-likeness (QED) is 0.864. The highest BCUT2D eigenvalue weighted by molar-refractivity contribution is 6.28. The minimum atomic E-state index is 0.314. The third-order valence-corrected chi connectivity index (χ3v) is 4.91. The molecule has 0 aliphatic carbocycles. The number of fused-ring (bicyclic) bond motifs is 2. The number of hydrogen-bond acceptors (Lipinski definition) is 4. The molecule has 2 aromatic rings. The molecule has 3 heterocycles. The van der Waals surface area contributed by atoms with Gasteiger partial charge in [-0.15, -0.1) is 0 Å². The van der Waals surface area contributed by atoms with E-state index in [0.29, 0.717) is 11.3 Å². The van der Waals surface area contributed by atoms with Crippen molar-refractivity contribution < 1.29 is 0 Å². The van der Waals surface area contributed by atoms with Crippen LogP contribution in [0.15, 0.2) is 24.3 Å². The fourth-order valence-corrected chi connectivity index (χ4v) is 3.88. The average Bonchev–Trinajstić information content (AvgIpc) is 2.94. The lowest BCUT2D eigenvalue weighted by Crippen LogP contribution is -2.42. The fourth-order valence-electron chi connectivity index (χ4n) is 3.71. The lowest BCUT2D eigenvalue weighted by molar-refractivity contribution is 0.188. The van der Waals surface area contributed by atoms with Gasteiger partial charge >= 0.3 is 0 Å².